The summed E-state index contributed by atoms with van der Waals surface area (Å²) in [5.74, 6) is 0. The predicted octanol–water partition coefficient (Wildman–Crippen LogP) is 3.13. The maximum atomic E-state index is 12.5. The zero-order valence-electron chi connectivity index (χ0n) is 9.83. The van der Waals surface area contributed by atoms with Gasteiger partial charge in [0.25, 0.3) is 0 Å². The van der Waals surface area contributed by atoms with Crippen LogP contribution in [0.1, 0.15) is 11.1 Å². The minimum Gasteiger partial charge on any atom is -0.310 e. The average molecular weight is 244 g/mol. The third kappa shape index (κ3) is 3.78. The van der Waals surface area contributed by atoms with Crippen LogP contribution in [0.5, 0.6) is 0 Å². The number of nitrogens with zero attached hydrogens (tertiary/aromatic N) is 2. The van der Waals surface area contributed by atoms with Crippen LogP contribution >= 0.6 is 0 Å². The van der Waals surface area contributed by atoms with E-state index in [1.165, 1.54) is 6.07 Å². The van der Waals surface area contributed by atoms with Gasteiger partial charge in [0.05, 0.1) is 12.1 Å². The van der Waals surface area contributed by atoms with Crippen LogP contribution in [-0.2, 0) is 12.7 Å². The first-order valence-electron chi connectivity index (χ1n) is 5.07. The van der Waals surface area contributed by atoms with E-state index in [0.717, 1.165) is 12.1 Å². The van der Waals surface area contributed by atoms with E-state index in [4.69, 9.17) is 0 Å². The second kappa shape index (κ2) is 5.23. The summed E-state index contributed by atoms with van der Waals surface area (Å²) < 4.78 is 37.5. The fraction of sp³-hybridized carbons (Fsp3) is 0.333. The first-order valence-corrected chi connectivity index (χ1v) is 5.07. The molecule has 0 N–H and O–H groups in total. The summed E-state index contributed by atoms with van der Waals surface area (Å²) >= 11 is 0. The van der Waals surface area contributed by atoms with Crippen LogP contribution in [0.25, 0.3) is 0 Å². The normalized spacial score (nSPS) is 11.6. The van der Waals surface area contributed by atoms with Gasteiger partial charge in [0.15, 0.2) is 0 Å². The van der Waals surface area contributed by atoms with Crippen molar-refractivity contribution in [2.24, 2.45) is 0 Å². The van der Waals surface area contributed by atoms with Crippen molar-refractivity contribution in [1.82, 2.24) is 10.0 Å². The Hall–Kier alpha value is -1.49. The summed E-state index contributed by atoms with van der Waals surface area (Å²) in [6, 6.07) is 5.29. The molecule has 1 aromatic rings. The maximum Gasteiger partial charge on any atom is 0.416 e. The van der Waals surface area contributed by atoms with Crippen LogP contribution < -0.4 is 0 Å². The van der Waals surface area contributed by atoms with Gasteiger partial charge >= 0.3 is 6.18 Å². The molecule has 17 heavy (non-hydrogen) atoms. The van der Waals surface area contributed by atoms with E-state index in [1.54, 1.807) is 36.4 Å². The summed E-state index contributed by atoms with van der Waals surface area (Å²) in [6.07, 6.45) is -2.73. The zero-order chi connectivity index (χ0) is 13.1. The van der Waals surface area contributed by atoms with Crippen molar-refractivity contribution < 1.29 is 13.2 Å². The van der Waals surface area contributed by atoms with Crippen molar-refractivity contribution in [3.05, 3.63) is 48.2 Å². The molecular formula is C12H15F3N2. The van der Waals surface area contributed by atoms with Gasteiger partial charge in [-0.2, -0.15) is 13.2 Å². The number of benzene rings is 1. The summed E-state index contributed by atoms with van der Waals surface area (Å²) in [7, 11) is 3.60. The van der Waals surface area contributed by atoms with Crippen LogP contribution in [-0.4, -0.2) is 24.1 Å². The van der Waals surface area contributed by atoms with Crippen LogP contribution in [0.15, 0.2) is 37.0 Å². The number of hydrazine groups is 1. The molecule has 94 valence electrons. The lowest BCUT2D eigenvalue weighted by Gasteiger charge is -2.27. The smallest absolute Gasteiger partial charge is 0.310 e. The van der Waals surface area contributed by atoms with Crippen molar-refractivity contribution >= 4 is 0 Å². The summed E-state index contributed by atoms with van der Waals surface area (Å²) in [5.41, 5.74) is -0.0359. The molecule has 0 unspecified atom stereocenters. The molecule has 0 heterocycles. The largest absolute Gasteiger partial charge is 0.416 e. The Morgan fingerprint density at radius 1 is 1.29 bits per heavy atom. The second-order valence-electron chi connectivity index (χ2n) is 3.83. The molecule has 0 spiro atoms. The Morgan fingerprint density at radius 2 is 1.94 bits per heavy atom. The van der Waals surface area contributed by atoms with Gasteiger partial charge in [0.2, 0.25) is 0 Å². The Bertz CT molecular complexity index is 386. The predicted molar refractivity (Wildman–Crippen MR) is 60.9 cm³/mol. The highest BCUT2D eigenvalue weighted by Crippen LogP contribution is 2.29. The lowest BCUT2D eigenvalue weighted by atomic mass is 10.1. The molecule has 5 heteroatoms. The van der Waals surface area contributed by atoms with Gasteiger partial charge in [-0.15, -0.1) is 0 Å². The van der Waals surface area contributed by atoms with E-state index in [0.29, 0.717) is 12.1 Å². The molecule has 0 amide bonds. The molecule has 0 aromatic heterocycles. The lowest BCUT2D eigenvalue weighted by Crippen LogP contribution is -2.31. The number of halogens is 3. The van der Waals surface area contributed by atoms with Crippen LogP contribution in [0.2, 0.25) is 0 Å². The average Bonchev–Trinajstić information content (AvgIpc) is 2.24. The highest BCUT2D eigenvalue weighted by Gasteiger charge is 2.30. The molecule has 1 aromatic carbocycles. The van der Waals surface area contributed by atoms with Gasteiger partial charge in [0.1, 0.15) is 0 Å². The topological polar surface area (TPSA) is 6.48 Å². The van der Waals surface area contributed by atoms with E-state index in [9.17, 15) is 13.2 Å². The molecule has 0 fully saturated rings. The summed E-state index contributed by atoms with van der Waals surface area (Å²) in [6.45, 7) is 3.97. The molecule has 0 aliphatic rings. The van der Waals surface area contributed by atoms with Crippen LogP contribution in [0.4, 0.5) is 13.2 Å². The Morgan fingerprint density at radius 3 is 2.41 bits per heavy atom. The third-order valence-corrected chi connectivity index (χ3v) is 2.32. The highest BCUT2D eigenvalue weighted by molar-refractivity contribution is 5.25. The third-order valence-electron chi connectivity index (χ3n) is 2.32. The molecule has 1 rings (SSSR count). The molecule has 0 bridgehead atoms. The van der Waals surface area contributed by atoms with Gasteiger partial charge in [0, 0.05) is 20.3 Å². The van der Waals surface area contributed by atoms with Gasteiger partial charge in [-0.1, -0.05) is 18.7 Å². The highest BCUT2D eigenvalue weighted by atomic mass is 19.4. The van der Waals surface area contributed by atoms with Crippen molar-refractivity contribution in [2.45, 2.75) is 12.7 Å². The minimum absolute atomic E-state index is 0.362. The molecule has 0 atom stereocenters. The van der Waals surface area contributed by atoms with Gasteiger partial charge in [-0.05, 0) is 17.7 Å². The van der Waals surface area contributed by atoms with E-state index in [1.807, 2.05) is 0 Å². The Labute approximate surface area is 98.9 Å². The quantitative estimate of drug-likeness (QED) is 0.751. The fourth-order valence-corrected chi connectivity index (χ4v) is 1.40. The van der Waals surface area contributed by atoms with E-state index in [-0.39, 0.29) is 0 Å². The second-order valence-corrected chi connectivity index (χ2v) is 3.83. The Balaban J connectivity index is 2.89. The maximum absolute atomic E-state index is 12.5. The molecule has 0 radical (unpaired) electrons. The van der Waals surface area contributed by atoms with Gasteiger partial charge < -0.3 is 5.01 Å². The van der Waals surface area contributed by atoms with Crippen LogP contribution in [0, 0.1) is 0 Å². The first-order chi connectivity index (χ1) is 7.84. The monoisotopic (exact) mass is 244 g/mol. The fourth-order valence-electron chi connectivity index (χ4n) is 1.40. The summed E-state index contributed by atoms with van der Waals surface area (Å²) in [5, 5.41) is 3.47. The number of alkyl halides is 3. The number of hydrogen-bond donors (Lipinski definition) is 0. The van der Waals surface area contributed by atoms with Crippen molar-refractivity contribution in [3.63, 3.8) is 0 Å². The molecular weight excluding hydrogens is 229 g/mol. The molecule has 2 nitrogen and oxygen atoms in total. The number of hydrogen-bond acceptors (Lipinski definition) is 2. The molecule has 0 saturated carbocycles. The van der Waals surface area contributed by atoms with Gasteiger partial charge in [-0.3, -0.25) is 0 Å². The van der Waals surface area contributed by atoms with Crippen molar-refractivity contribution in [2.75, 3.05) is 14.1 Å². The molecule has 0 aliphatic carbocycles. The standard InChI is InChI=1S/C12H15F3N2/c1-4-17(16(2)3)9-10-6-5-7-11(8-10)12(13,14)15/h4-8H,1,9H2,2-3H3. The van der Waals surface area contributed by atoms with E-state index in [2.05, 4.69) is 6.58 Å². The molecule has 0 aliphatic heterocycles. The SMILES string of the molecule is C=CN(Cc1cccc(C(F)(F)F)c1)N(C)C. The van der Waals surface area contributed by atoms with Crippen molar-refractivity contribution in [1.29, 1.82) is 0 Å². The van der Waals surface area contributed by atoms with Crippen LogP contribution in [0.3, 0.4) is 0 Å². The summed E-state index contributed by atoms with van der Waals surface area (Å²) in [4.78, 5) is 0. The Kier molecular flexibility index (Phi) is 4.17. The first kappa shape index (κ1) is 13.6. The lowest BCUT2D eigenvalue weighted by molar-refractivity contribution is -0.137. The zero-order valence-corrected chi connectivity index (χ0v) is 9.83. The number of rotatable bonds is 4. The van der Waals surface area contributed by atoms with E-state index >= 15 is 0 Å². The van der Waals surface area contributed by atoms with Crippen molar-refractivity contribution in [3.8, 4) is 0 Å². The van der Waals surface area contributed by atoms with E-state index < -0.39 is 11.7 Å². The minimum atomic E-state index is -4.30. The van der Waals surface area contributed by atoms with Gasteiger partial charge in [-0.25, -0.2) is 5.01 Å². The molecule has 0 saturated heterocycles.